The maximum Gasteiger partial charge on any atom is 0.320 e. The van der Waals surface area contributed by atoms with Crippen LogP contribution < -0.4 is 5.73 Å². The number of aliphatic carboxylic acids is 4. The predicted octanol–water partition coefficient (Wildman–Crippen LogP) is -2.10. The van der Waals surface area contributed by atoms with Crippen molar-refractivity contribution in [3.8, 4) is 0 Å². The smallest absolute Gasteiger partial charge is 0.320 e. The van der Waals surface area contributed by atoms with E-state index in [9.17, 15) is 19.2 Å². The summed E-state index contributed by atoms with van der Waals surface area (Å²) < 4.78 is 0. The summed E-state index contributed by atoms with van der Waals surface area (Å²) in [4.78, 5) is 48.0. The number of carbonyl (C=O) groups is 4. The van der Waals surface area contributed by atoms with E-state index in [0.29, 0.717) is 0 Å². The Labute approximate surface area is 151 Å². The molecule has 0 amide bonds. The second-order valence-electron chi connectivity index (χ2n) is 4.55. The summed E-state index contributed by atoms with van der Waals surface area (Å²) in [6, 6.07) is -0.851. The largest absolute Gasteiger partial charge is 0.480 e. The number of H-pyrrole nitrogens is 1. The van der Waals surface area contributed by atoms with Crippen molar-refractivity contribution >= 4 is 23.9 Å². The summed E-state index contributed by atoms with van der Waals surface area (Å²) in [7, 11) is 0. The zero-order valence-electron chi connectivity index (χ0n) is 12.8. The van der Waals surface area contributed by atoms with Gasteiger partial charge in [0, 0.05) is 34.8 Å². The number of hydrogen-bond donors (Lipinski definition) is 6. The molecule has 1 aromatic rings. The van der Waals surface area contributed by atoms with Crippen molar-refractivity contribution in [2.75, 3.05) is 19.6 Å². The van der Waals surface area contributed by atoms with Gasteiger partial charge in [-0.2, -0.15) is 0 Å². The number of aromatic amines is 1. The van der Waals surface area contributed by atoms with Crippen LogP contribution in [0.5, 0.6) is 0 Å². The van der Waals surface area contributed by atoms with Gasteiger partial charge in [-0.15, -0.1) is 0 Å². The van der Waals surface area contributed by atoms with Crippen LogP contribution in [0.3, 0.4) is 0 Å². The van der Waals surface area contributed by atoms with Gasteiger partial charge in [0.25, 0.3) is 0 Å². The minimum Gasteiger partial charge on any atom is -0.480 e. The Balaban J connectivity index is 0. The second-order valence-corrected chi connectivity index (χ2v) is 4.55. The van der Waals surface area contributed by atoms with Crippen LogP contribution in [0.25, 0.3) is 0 Å². The third kappa shape index (κ3) is 13.6. The molecule has 0 spiro atoms. The fraction of sp³-hybridized carbons (Fsp3) is 0.417. The van der Waals surface area contributed by atoms with Crippen molar-refractivity contribution < 1.29 is 56.1 Å². The van der Waals surface area contributed by atoms with E-state index in [4.69, 9.17) is 26.2 Å². The molecule has 0 saturated carbocycles. The van der Waals surface area contributed by atoms with Gasteiger partial charge in [-0.1, -0.05) is 0 Å². The van der Waals surface area contributed by atoms with E-state index in [-0.39, 0.29) is 22.9 Å². The van der Waals surface area contributed by atoms with Gasteiger partial charge >= 0.3 is 23.9 Å². The SMILES string of the molecule is N[C@@H](Cc1cnc[nH]1)C(=O)O.O=C(O)CN(CC(=O)O)CC(=O)O.[Ni]. The van der Waals surface area contributed by atoms with E-state index in [1.54, 1.807) is 6.20 Å². The van der Waals surface area contributed by atoms with Crippen molar-refractivity contribution in [1.29, 1.82) is 0 Å². The number of aromatic nitrogens is 2. The van der Waals surface area contributed by atoms with E-state index in [1.807, 2.05) is 0 Å². The molecule has 12 nitrogen and oxygen atoms in total. The van der Waals surface area contributed by atoms with Crippen LogP contribution in [0.1, 0.15) is 5.69 Å². The average molecular weight is 405 g/mol. The van der Waals surface area contributed by atoms with Gasteiger partial charge in [0.2, 0.25) is 0 Å². The van der Waals surface area contributed by atoms with Gasteiger partial charge in [-0.3, -0.25) is 24.1 Å². The van der Waals surface area contributed by atoms with Gasteiger partial charge in [0.15, 0.2) is 0 Å². The molecule has 1 atom stereocenters. The zero-order chi connectivity index (χ0) is 18.7. The van der Waals surface area contributed by atoms with Gasteiger partial charge in [0.1, 0.15) is 6.04 Å². The third-order valence-electron chi connectivity index (χ3n) is 2.39. The fourth-order valence-electron chi connectivity index (χ4n) is 1.46. The van der Waals surface area contributed by atoms with Crippen LogP contribution >= 0.6 is 0 Å². The molecule has 7 N–H and O–H groups in total. The van der Waals surface area contributed by atoms with Crippen LogP contribution in [0.15, 0.2) is 12.5 Å². The molecule has 0 aliphatic carbocycles. The molecule has 0 aliphatic rings. The Bertz CT molecular complexity index is 527. The molecule has 0 radical (unpaired) electrons. The van der Waals surface area contributed by atoms with Crippen molar-refractivity contribution in [3.05, 3.63) is 18.2 Å². The standard InChI is InChI=1S/C6H9N3O2.C6H9NO6.Ni/c7-5(6(10)11)1-4-2-8-3-9-4;8-4(9)1-7(2-5(10)11)3-6(12)13;/h2-3,5H,1,7H2,(H,8,9)(H,10,11);1-3H2,(H,8,9)(H,10,11)(H,12,13);/t5-;;/m0../s1. The molecule has 0 aromatic carbocycles. The Kier molecular flexibility index (Phi) is 12.7. The molecule has 0 fully saturated rings. The Morgan fingerprint density at radius 1 is 1.04 bits per heavy atom. The van der Waals surface area contributed by atoms with E-state index in [2.05, 4.69) is 9.97 Å². The summed E-state index contributed by atoms with van der Waals surface area (Å²) in [5.74, 6) is -4.79. The van der Waals surface area contributed by atoms with Crippen LogP contribution in [0.2, 0.25) is 0 Å². The molecule has 0 bridgehead atoms. The van der Waals surface area contributed by atoms with Gasteiger partial charge in [0.05, 0.1) is 26.0 Å². The first-order chi connectivity index (χ1) is 11.1. The molecule has 1 aromatic heterocycles. The summed E-state index contributed by atoms with van der Waals surface area (Å²) in [6.45, 7) is -1.80. The molecule has 1 heterocycles. The number of imidazole rings is 1. The molecular weight excluding hydrogens is 387 g/mol. The predicted molar refractivity (Wildman–Crippen MR) is 77.3 cm³/mol. The van der Waals surface area contributed by atoms with Gasteiger partial charge < -0.3 is 31.1 Å². The number of carboxylic acids is 4. The third-order valence-corrected chi connectivity index (χ3v) is 2.39. The quantitative estimate of drug-likeness (QED) is 0.245. The number of hydrogen-bond acceptors (Lipinski definition) is 7. The second kappa shape index (κ2) is 12.9. The van der Waals surface area contributed by atoms with E-state index in [0.717, 1.165) is 10.6 Å². The minimum atomic E-state index is -1.26. The molecule has 0 saturated heterocycles. The Morgan fingerprint density at radius 3 is 1.76 bits per heavy atom. The fourth-order valence-corrected chi connectivity index (χ4v) is 1.46. The number of nitrogens with zero attached hydrogens (tertiary/aromatic N) is 2. The van der Waals surface area contributed by atoms with E-state index in [1.165, 1.54) is 6.33 Å². The first-order valence-electron chi connectivity index (χ1n) is 6.45. The Hall–Kier alpha value is -2.50. The maximum absolute atomic E-state index is 10.3. The topological polar surface area (TPSA) is 207 Å². The normalized spacial score (nSPS) is 10.8. The van der Waals surface area contributed by atoms with Gasteiger partial charge in [-0.05, 0) is 0 Å². The number of nitrogens with two attached hydrogens (primary N) is 1. The zero-order valence-corrected chi connectivity index (χ0v) is 13.8. The number of nitrogens with one attached hydrogen (secondary N) is 1. The minimum absolute atomic E-state index is 0. The molecule has 144 valence electrons. The summed E-state index contributed by atoms with van der Waals surface area (Å²) >= 11 is 0. The summed E-state index contributed by atoms with van der Waals surface area (Å²) in [5.41, 5.74) is 6.00. The molecule has 0 aliphatic heterocycles. The first-order valence-corrected chi connectivity index (χ1v) is 6.45. The monoisotopic (exact) mass is 404 g/mol. The van der Waals surface area contributed by atoms with Crippen LogP contribution in [-0.4, -0.2) is 84.8 Å². The first kappa shape index (κ1) is 24.8. The van der Waals surface area contributed by atoms with Crippen molar-refractivity contribution in [1.82, 2.24) is 14.9 Å². The molecule has 13 heteroatoms. The van der Waals surface area contributed by atoms with Crippen molar-refractivity contribution in [2.24, 2.45) is 5.73 Å². The van der Waals surface area contributed by atoms with Crippen LogP contribution in [0.4, 0.5) is 0 Å². The number of carboxylic acid groups (broad SMARTS) is 4. The van der Waals surface area contributed by atoms with Crippen LogP contribution in [-0.2, 0) is 42.1 Å². The van der Waals surface area contributed by atoms with Crippen molar-refractivity contribution in [2.45, 2.75) is 12.5 Å². The van der Waals surface area contributed by atoms with E-state index >= 15 is 0 Å². The molecule has 25 heavy (non-hydrogen) atoms. The maximum atomic E-state index is 10.3. The summed E-state index contributed by atoms with van der Waals surface area (Å²) in [5, 5.41) is 33.3. The van der Waals surface area contributed by atoms with E-state index < -0.39 is 49.6 Å². The Morgan fingerprint density at radius 2 is 1.48 bits per heavy atom. The number of rotatable bonds is 9. The average Bonchev–Trinajstić information content (AvgIpc) is 2.89. The van der Waals surface area contributed by atoms with Crippen molar-refractivity contribution in [3.63, 3.8) is 0 Å². The van der Waals surface area contributed by atoms with Gasteiger partial charge in [-0.25, -0.2) is 4.98 Å². The van der Waals surface area contributed by atoms with Crippen LogP contribution in [0, 0.1) is 0 Å². The molecule has 1 rings (SSSR count). The molecular formula is C12H18N4NiO8. The molecule has 0 unspecified atom stereocenters. The summed E-state index contributed by atoms with van der Waals surface area (Å²) in [6.07, 6.45) is 3.34.